The molecule has 0 saturated carbocycles. The number of methoxy groups -OCH3 is 1. The molecule has 0 spiro atoms. The van der Waals surface area contributed by atoms with E-state index >= 15 is 0 Å². The van der Waals surface area contributed by atoms with Crippen LogP contribution in [0.3, 0.4) is 0 Å². The molecule has 2 aromatic carbocycles. The molecule has 2 amide bonds. The number of rotatable bonds is 3. The van der Waals surface area contributed by atoms with E-state index in [0.717, 1.165) is 23.9 Å². The van der Waals surface area contributed by atoms with Crippen molar-refractivity contribution in [3.63, 3.8) is 0 Å². The van der Waals surface area contributed by atoms with Crippen molar-refractivity contribution in [2.45, 2.75) is 12.5 Å². The normalized spacial score (nSPS) is 15.4. The van der Waals surface area contributed by atoms with Crippen LogP contribution < -0.4 is 5.32 Å². The molecule has 0 aliphatic carbocycles. The lowest BCUT2D eigenvalue weighted by atomic mass is 9.95. The summed E-state index contributed by atoms with van der Waals surface area (Å²) in [5, 5.41) is 2.68. The Balaban J connectivity index is 1.72. The number of H-pyrrole nitrogens is 1. The summed E-state index contributed by atoms with van der Waals surface area (Å²) in [7, 11) is 1.24. The molecule has 0 saturated heterocycles. The van der Waals surface area contributed by atoms with Gasteiger partial charge in [-0.1, -0.05) is 12.1 Å². The Morgan fingerprint density at radius 2 is 2.03 bits per heavy atom. The van der Waals surface area contributed by atoms with Crippen molar-refractivity contribution >= 4 is 17.7 Å². The fourth-order valence-corrected chi connectivity index (χ4v) is 3.60. The SMILES string of the molecule is COC(=O)c1ccccc1NC(=O)N1CCc2[nH]cnc2[C@@H]1c1cc(F)ccc1F. The molecule has 0 fully saturated rings. The molecule has 154 valence electrons. The third-order valence-corrected chi connectivity index (χ3v) is 5.01. The molecule has 7 nitrogen and oxygen atoms in total. The Bertz CT molecular complexity index is 1120. The zero-order chi connectivity index (χ0) is 21.3. The molecule has 0 unspecified atom stereocenters. The first-order chi connectivity index (χ1) is 14.5. The summed E-state index contributed by atoms with van der Waals surface area (Å²) < 4.78 is 33.3. The van der Waals surface area contributed by atoms with Gasteiger partial charge in [-0.25, -0.2) is 23.4 Å². The highest BCUT2D eigenvalue weighted by atomic mass is 19.1. The number of hydrogen-bond donors (Lipinski definition) is 2. The number of halogens is 2. The highest BCUT2D eigenvalue weighted by Gasteiger charge is 2.36. The van der Waals surface area contributed by atoms with Crippen molar-refractivity contribution < 1.29 is 23.1 Å². The van der Waals surface area contributed by atoms with Crippen molar-refractivity contribution in [3.05, 3.63) is 82.9 Å². The molecular weight excluding hydrogens is 394 g/mol. The Labute approximate surface area is 170 Å². The first-order valence-corrected chi connectivity index (χ1v) is 9.21. The van der Waals surface area contributed by atoms with Crippen molar-refractivity contribution in [2.24, 2.45) is 0 Å². The number of benzene rings is 2. The predicted octanol–water partition coefficient (Wildman–Crippen LogP) is 3.65. The molecule has 1 aliphatic heterocycles. The molecule has 3 aromatic rings. The minimum Gasteiger partial charge on any atom is -0.465 e. The smallest absolute Gasteiger partial charge is 0.339 e. The van der Waals surface area contributed by atoms with E-state index < -0.39 is 29.7 Å². The van der Waals surface area contributed by atoms with Crippen LogP contribution in [0.15, 0.2) is 48.8 Å². The number of para-hydroxylation sites is 1. The largest absolute Gasteiger partial charge is 0.465 e. The van der Waals surface area contributed by atoms with Crippen LogP contribution in [0.25, 0.3) is 0 Å². The second-order valence-corrected chi connectivity index (χ2v) is 6.75. The Hall–Kier alpha value is -3.75. The van der Waals surface area contributed by atoms with Crippen LogP contribution in [0.4, 0.5) is 19.3 Å². The minimum absolute atomic E-state index is 0.000506. The van der Waals surface area contributed by atoms with Crippen LogP contribution in [0.2, 0.25) is 0 Å². The number of ether oxygens (including phenoxy) is 1. The quantitative estimate of drug-likeness (QED) is 0.643. The number of imidazole rings is 1. The molecule has 2 N–H and O–H groups in total. The monoisotopic (exact) mass is 412 g/mol. The maximum atomic E-state index is 14.6. The molecule has 0 bridgehead atoms. The van der Waals surface area contributed by atoms with Crippen LogP contribution >= 0.6 is 0 Å². The number of esters is 1. The third kappa shape index (κ3) is 3.49. The van der Waals surface area contributed by atoms with Crippen LogP contribution in [-0.2, 0) is 11.2 Å². The molecule has 1 aliphatic rings. The second-order valence-electron chi connectivity index (χ2n) is 6.75. The maximum Gasteiger partial charge on any atom is 0.339 e. The van der Waals surface area contributed by atoms with Gasteiger partial charge in [0.25, 0.3) is 0 Å². The van der Waals surface area contributed by atoms with Gasteiger partial charge in [0.15, 0.2) is 0 Å². The zero-order valence-electron chi connectivity index (χ0n) is 16.0. The topological polar surface area (TPSA) is 87.3 Å². The summed E-state index contributed by atoms with van der Waals surface area (Å²) in [6.45, 7) is 0.238. The van der Waals surface area contributed by atoms with E-state index in [-0.39, 0.29) is 23.4 Å². The van der Waals surface area contributed by atoms with Crippen molar-refractivity contribution in [1.82, 2.24) is 14.9 Å². The van der Waals surface area contributed by atoms with Gasteiger partial charge in [0, 0.05) is 24.2 Å². The third-order valence-electron chi connectivity index (χ3n) is 5.01. The van der Waals surface area contributed by atoms with Gasteiger partial charge in [0.05, 0.1) is 30.4 Å². The molecule has 4 rings (SSSR count). The number of nitrogens with zero attached hydrogens (tertiary/aromatic N) is 2. The van der Waals surface area contributed by atoms with E-state index in [1.54, 1.807) is 18.2 Å². The Morgan fingerprint density at radius 1 is 1.23 bits per heavy atom. The minimum atomic E-state index is -0.930. The Morgan fingerprint density at radius 3 is 2.83 bits per heavy atom. The summed E-state index contributed by atoms with van der Waals surface area (Å²) in [6.07, 6.45) is 1.93. The number of carbonyl (C=O) groups is 2. The number of anilines is 1. The van der Waals surface area contributed by atoms with Crippen LogP contribution in [0.1, 0.15) is 33.4 Å². The fraction of sp³-hybridized carbons (Fsp3) is 0.190. The van der Waals surface area contributed by atoms with Crippen LogP contribution in [0.5, 0.6) is 0 Å². The second kappa shape index (κ2) is 7.94. The summed E-state index contributed by atoms with van der Waals surface area (Å²) in [5.41, 5.74) is 1.63. The summed E-state index contributed by atoms with van der Waals surface area (Å²) >= 11 is 0. The number of hydrogen-bond acceptors (Lipinski definition) is 4. The fourth-order valence-electron chi connectivity index (χ4n) is 3.60. The molecular formula is C21H18F2N4O3. The first kappa shape index (κ1) is 19.6. The first-order valence-electron chi connectivity index (χ1n) is 9.21. The average molecular weight is 412 g/mol. The van der Waals surface area contributed by atoms with Gasteiger partial charge in [0.1, 0.15) is 17.7 Å². The zero-order valence-corrected chi connectivity index (χ0v) is 16.0. The maximum absolute atomic E-state index is 14.6. The highest BCUT2D eigenvalue weighted by molar-refractivity contribution is 6.01. The summed E-state index contributed by atoms with van der Waals surface area (Å²) in [5.74, 6) is -1.87. The van der Waals surface area contributed by atoms with Gasteiger partial charge in [0.2, 0.25) is 0 Å². The highest BCUT2D eigenvalue weighted by Crippen LogP contribution is 2.35. The van der Waals surface area contributed by atoms with E-state index in [4.69, 9.17) is 4.74 Å². The lowest BCUT2D eigenvalue weighted by molar-refractivity contribution is 0.0602. The summed E-state index contributed by atoms with van der Waals surface area (Å²) in [4.78, 5) is 33.7. The van der Waals surface area contributed by atoms with Crippen molar-refractivity contribution in [2.75, 3.05) is 19.0 Å². The predicted molar refractivity (Wildman–Crippen MR) is 104 cm³/mol. The lowest BCUT2D eigenvalue weighted by Gasteiger charge is -2.35. The number of carbonyl (C=O) groups excluding carboxylic acids is 2. The van der Waals surface area contributed by atoms with Crippen molar-refractivity contribution in [1.29, 1.82) is 0 Å². The van der Waals surface area contributed by atoms with Gasteiger partial charge in [-0.15, -0.1) is 0 Å². The van der Waals surface area contributed by atoms with Gasteiger partial charge in [-0.05, 0) is 30.3 Å². The number of amides is 2. The van der Waals surface area contributed by atoms with Gasteiger partial charge < -0.3 is 19.9 Å². The molecule has 1 atom stereocenters. The number of urea groups is 1. The molecule has 0 radical (unpaired) electrons. The summed E-state index contributed by atoms with van der Waals surface area (Å²) in [6, 6.07) is 7.98. The van der Waals surface area contributed by atoms with E-state index in [2.05, 4.69) is 15.3 Å². The lowest BCUT2D eigenvalue weighted by Crippen LogP contribution is -2.43. The number of nitrogens with one attached hydrogen (secondary N) is 2. The van der Waals surface area contributed by atoms with Gasteiger partial charge >= 0.3 is 12.0 Å². The van der Waals surface area contributed by atoms with Crippen LogP contribution in [0, 0.1) is 11.6 Å². The van der Waals surface area contributed by atoms with Crippen molar-refractivity contribution in [3.8, 4) is 0 Å². The standard InChI is InChI=1S/C21H18F2N4O3/c1-30-20(28)13-4-2-3-5-16(13)26-21(29)27-9-8-17-18(25-11-24-17)19(27)14-10-12(22)6-7-15(14)23/h2-7,10-11,19H,8-9H2,1H3,(H,24,25)(H,26,29)/t19-/m0/s1. The molecule has 30 heavy (non-hydrogen) atoms. The molecule has 9 heteroatoms. The van der Waals surface area contributed by atoms with E-state index in [0.29, 0.717) is 12.1 Å². The van der Waals surface area contributed by atoms with Gasteiger partial charge in [-0.3, -0.25) is 0 Å². The van der Waals surface area contributed by atoms with E-state index in [1.165, 1.54) is 24.4 Å². The average Bonchev–Trinajstić information content (AvgIpc) is 3.23. The van der Waals surface area contributed by atoms with Gasteiger partial charge in [-0.2, -0.15) is 0 Å². The Kier molecular flexibility index (Phi) is 5.18. The molecule has 1 aromatic heterocycles. The van der Waals surface area contributed by atoms with E-state index in [1.807, 2.05) is 0 Å². The molecule has 2 heterocycles. The number of aromatic nitrogens is 2. The van der Waals surface area contributed by atoms with Crippen LogP contribution in [-0.4, -0.2) is 40.5 Å². The number of fused-ring (bicyclic) bond motifs is 1. The van der Waals surface area contributed by atoms with E-state index in [9.17, 15) is 18.4 Å². The number of aromatic amines is 1.